The summed E-state index contributed by atoms with van der Waals surface area (Å²) < 4.78 is 7.66. The van der Waals surface area contributed by atoms with Crippen molar-refractivity contribution in [3.63, 3.8) is 0 Å². The normalized spacial score (nSPS) is 14.2. The molecule has 1 amide bonds. The molecule has 5 rings (SSSR count). The molecule has 0 bridgehead atoms. The van der Waals surface area contributed by atoms with Crippen LogP contribution in [0.25, 0.3) is 5.69 Å². The van der Waals surface area contributed by atoms with Gasteiger partial charge in [0.15, 0.2) is 10.9 Å². The molecule has 1 aliphatic carbocycles. The molecule has 0 aliphatic heterocycles. The van der Waals surface area contributed by atoms with E-state index in [9.17, 15) is 4.79 Å². The van der Waals surface area contributed by atoms with Gasteiger partial charge in [0, 0.05) is 18.2 Å². The second-order valence-electron chi connectivity index (χ2n) is 8.46. The van der Waals surface area contributed by atoms with Crippen LogP contribution in [0, 0.1) is 0 Å². The Bertz CT molecular complexity index is 1220. The van der Waals surface area contributed by atoms with Crippen molar-refractivity contribution < 1.29 is 9.21 Å². The quantitative estimate of drug-likeness (QED) is 0.354. The lowest BCUT2D eigenvalue weighted by atomic mass is 9.95. The van der Waals surface area contributed by atoms with E-state index < -0.39 is 0 Å². The van der Waals surface area contributed by atoms with Crippen molar-refractivity contribution in [1.29, 1.82) is 0 Å². The number of oxazole rings is 1. The Morgan fingerprint density at radius 2 is 1.74 bits per heavy atom. The van der Waals surface area contributed by atoms with Gasteiger partial charge in [-0.1, -0.05) is 79.6 Å². The molecule has 174 valence electrons. The van der Waals surface area contributed by atoms with Gasteiger partial charge in [-0.2, -0.15) is 0 Å². The Labute approximate surface area is 203 Å². The molecule has 1 fully saturated rings. The van der Waals surface area contributed by atoms with Gasteiger partial charge < -0.3 is 9.73 Å². The Hall–Kier alpha value is -3.39. The highest BCUT2D eigenvalue weighted by Crippen LogP contribution is 2.26. The Kier molecular flexibility index (Phi) is 7.05. The fourth-order valence-electron chi connectivity index (χ4n) is 4.24. The van der Waals surface area contributed by atoms with Crippen LogP contribution in [0.4, 0.5) is 0 Å². The van der Waals surface area contributed by atoms with Crippen LogP contribution in [0.5, 0.6) is 0 Å². The number of para-hydroxylation sites is 1. The number of rotatable bonds is 8. The van der Waals surface area contributed by atoms with E-state index in [0.29, 0.717) is 23.8 Å². The van der Waals surface area contributed by atoms with E-state index in [-0.39, 0.29) is 11.9 Å². The molecule has 0 radical (unpaired) electrons. The number of carbonyl (C=O) groups excluding carboxylic acids is 1. The number of aromatic nitrogens is 4. The van der Waals surface area contributed by atoms with Crippen molar-refractivity contribution in [3.05, 3.63) is 89.9 Å². The summed E-state index contributed by atoms with van der Waals surface area (Å²) in [5.41, 5.74) is 2.50. The van der Waals surface area contributed by atoms with E-state index >= 15 is 0 Å². The summed E-state index contributed by atoms with van der Waals surface area (Å²) in [4.78, 5) is 17.0. The first-order valence-corrected chi connectivity index (χ1v) is 12.7. The van der Waals surface area contributed by atoms with Crippen molar-refractivity contribution in [1.82, 2.24) is 25.1 Å². The van der Waals surface area contributed by atoms with E-state index in [1.807, 2.05) is 48.5 Å². The van der Waals surface area contributed by atoms with Crippen molar-refractivity contribution in [3.8, 4) is 5.69 Å². The Morgan fingerprint density at radius 1 is 1.00 bits per heavy atom. The third-order valence-electron chi connectivity index (χ3n) is 5.97. The summed E-state index contributed by atoms with van der Waals surface area (Å²) >= 11 is 1.49. The minimum absolute atomic E-state index is 0.163. The smallest absolute Gasteiger partial charge is 0.273 e. The van der Waals surface area contributed by atoms with Gasteiger partial charge >= 0.3 is 0 Å². The summed E-state index contributed by atoms with van der Waals surface area (Å²) in [7, 11) is 0. The van der Waals surface area contributed by atoms with Gasteiger partial charge in [-0.25, -0.2) is 4.98 Å². The largest absolute Gasteiger partial charge is 0.447 e. The van der Waals surface area contributed by atoms with Gasteiger partial charge in [0.2, 0.25) is 5.89 Å². The molecule has 1 saturated carbocycles. The summed E-state index contributed by atoms with van der Waals surface area (Å²) in [5, 5.41) is 12.8. The van der Waals surface area contributed by atoms with Crippen LogP contribution in [-0.2, 0) is 12.2 Å². The van der Waals surface area contributed by atoms with Crippen LogP contribution in [0.1, 0.15) is 59.9 Å². The van der Waals surface area contributed by atoms with Crippen LogP contribution < -0.4 is 5.32 Å². The molecular formula is C26H27N5O2S. The third-order valence-corrected chi connectivity index (χ3v) is 6.88. The summed E-state index contributed by atoms with van der Waals surface area (Å²) in [6.45, 7) is 0. The van der Waals surface area contributed by atoms with Gasteiger partial charge in [-0.15, -0.1) is 10.2 Å². The lowest BCUT2D eigenvalue weighted by Crippen LogP contribution is -2.36. The van der Waals surface area contributed by atoms with E-state index in [1.165, 1.54) is 42.9 Å². The first-order valence-electron chi connectivity index (χ1n) is 11.7. The molecule has 2 heterocycles. The highest BCUT2D eigenvalue weighted by atomic mass is 32.2. The molecule has 0 spiro atoms. The van der Waals surface area contributed by atoms with Crippen molar-refractivity contribution >= 4 is 17.7 Å². The number of hydrogen-bond acceptors (Lipinski definition) is 6. The highest BCUT2D eigenvalue weighted by molar-refractivity contribution is 7.98. The summed E-state index contributed by atoms with van der Waals surface area (Å²) in [6, 6.07) is 20.6. The molecule has 0 saturated heterocycles. The fourth-order valence-corrected chi connectivity index (χ4v) is 5.06. The predicted octanol–water partition coefficient (Wildman–Crippen LogP) is 5.20. The van der Waals surface area contributed by atoms with Crippen LogP contribution in [0.2, 0.25) is 0 Å². The molecule has 2 aromatic carbocycles. The zero-order chi connectivity index (χ0) is 23.2. The van der Waals surface area contributed by atoms with Crippen molar-refractivity contribution in [2.45, 2.75) is 55.5 Å². The summed E-state index contributed by atoms with van der Waals surface area (Å²) in [5.74, 6) is 1.64. The molecular weight excluding hydrogens is 446 g/mol. The minimum atomic E-state index is -0.163. The van der Waals surface area contributed by atoms with Gasteiger partial charge in [-0.3, -0.25) is 9.36 Å². The van der Waals surface area contributed by atoms with Gasteiger partial charge in [0.05, 0.1) is 5.75 Å². The Morgan fingerprint density at radius 3 is 2.50 bits per heavy atom. The van der Waals surface area contributed by atoms with Gasteiger partial charge in [0.1, 0.15) is 12.1 Å². The van der Waals surface area contributed by atoms with Crippen molar-refractivity contribution in [2.24, 2.45) is 0 Å². The van der Waals surface area contributed by atoms with Gasteiger partial charge in [0.25, 0.3) is 5.91 Å². The molecule has 1 aliphatic rings. The Balaban J connectivity index is 1.29. The maximum atomic E-state index is 12.5. The minimum Gasteiger partial charge on any atom is -0.447 e. The first kappa shape index (κ1) is 22.4. The van der Waals surface area contributed by atoms with Crippen LogP contribution in [0.3, 0.4) is 0 Å². The first-order chi connectivity index (χ1) is 16.8. The van der Waals surface area contributed by atoms with Crippen molar-refractivity contribution in [2.75, 3.05) is 0 Å². The second kappa shape index (κ2) is 10.7. The lowest BCUT2D eigenvalue weighted by Gasteiger charge is -2.22. The average Bonchev–Trinajstić information content (AvgIpc) is 3.52. The molecule has 8 heteroatoms. The number of nitrogens with one attached hydrogen (secondary N) is 1. The standard InChI is InChI=1S/C26H27N5O2S/c32-25(27-20-12-6-2-7-13-20)22-17-33-24(28-22)18-34-26-30-29-23(16-19-10-4-1-5-11-19)31(26)21-14-8-3-9-15-21/h1,3-5,8-11,14-15,17,20H,2,6-7,12-13,16,18H2,(H,27,32). The van der Waals surface area contributed by atoms with Crippen LogP contribution in [-0.4, -0.2) is 31.7 Å². The molecule has 4 aromatic rings. The number of hydrogen-bond donors (Lipinski definition) is 1. The van der Waals surface area contributed by atoms with Gasteiger partial charge in [-0.05, 0) is 30.5 Å². The molecule has 2 aromatic heterocycles. The van der Waals surface area contributed by atoms with Crippen LogP contribution in [0.15, 0.2) is 76.5 Å². The molecule has 0 unspecified atom stereocenters. The maximum Gasteiger partial charge on any atom is 0.273 e. The monoisotopic (exact) mass is 473 g/mol. The lowest BCUT2D eigenvalue weighted by molar-refractivity contribution is 0.0922. The predicted molar refractivity (Wildman–Crippen MR) is 131 cm³/mol. The number of amides is 1. The average molecular weight is 474 g/mol. The number of nitrogens with zero attached hydrogens (tertiary/aromatic N) is 4. The van der Waals surface area contributed by atoms with E-state index in [1.54, 1.807) is 0 Å². The number of carbonyl (C=O) groups is 1. The summed E-state index contributed by atoms with van der Waals surface area (Å²) in [6.07, 6.45) is 7.77. The number of benzene rings is 2. The third kappa shape index (κ3) is 5.39. The SMILES string of the molecule is O=C(NC1CCCCC1)c1coc(CSc2nnc(Cc3ccccc3)n2-c2ccccc2)n1. The maximum absolute atomic E-state index is 12.5. The second-order valence-corrected chi connectivity index (χ2v) is 9.40. The zero-order valence-corrected chi connectivity index (χ0v) is 19.7. The number of thioether (sulfide) groups is 1. The van der Waals surface area contributed by atoms with E-state index in [4.69, 9.17) is 4.42 Å². The molecule has 34 heavy (non-hydrogen) atoms. The van der Waals surface area contributed by atoms with E-state index in [2.05, 4.69) is 37.2 Å². The molecule has 1 N–H and O–H groups in total. The molecule has 7 nitrogen and oxygen atoms in total. The fraction of sp³-hybridized carbons (Fsp3) is 0.308. The highest BCUT2D eigenvalue weighted by Gasteiger charge is 2.20. The zero-order valence-electron chi connectivity index (χ0n) is 18.9. The van der Waals surface area contributed by atoms with E-state index in [0.717, 1.165) is 29.5 Å². The molecule has 0 atom stereocenters. The topological polar surface area (TPSA) is 85.8 Å². The van der Waals surface area contributed by atoms with Crippen LogP contribution >= 0.6 is 11.8 Å².